The average molecular weight is 383 g/mol. The quantitative estimate of drug-likeness (QED) is 0.610. The molecule has 4 aliphatic carbocycles. The molecule has 4 bridgehead atoms. The smallest absolute Gasteiger partial charge is 0.244 e. The van der Waals surface area contributed by atoms with Gasteiger partial charge in [0.15, 0.2) is 12.4 Å². The maximum atomic E-state index is 13.2. The topological polar surface area (TPSA) is 45.0 Å². The van der Waals surface area contributed by atoms with Crippen LogP contribution in [0, 0.1) is 28.6 Å². The van der Waals surface area contributed by atoms with Crippen LogP contribution in [0.3, 0.4) is 0 Å². The van der Waals surface area contributed by atoms with Crippen LogP contribution >= 0.6 is 23.2 Å². The molecule has 2 N–H and O–H groups in total. The van der Waals surface area contributed by atoms with E-state index in [4.69, 9.17) is 23.2 Å². The molecule has 0 saturated heterocycles. The van der Waals surface area contributed by atoms with E-state index in [0.29, 0.717) is 38.9 Å². The molecule has 1 aromatic rings. The minimum Gasteiger partial charge on any atom is -0.295 e. The number of hydrogen-bond donors (Lipinski definition) is 2. The van der Waals surface area contributed by atoms with E-state index in [1.54, 1.807) is 17.0 Å². The maximum Gasteiger partial charge on any atom is 0.244 e. The standard InChI is InChI=1S/C19H25Cl2N3O/c1-11-13-4-12-5-18(2,7-13)10-19(11,6-12)17(25)23-22-16-14(20)8-24(3)9-15(16)21/h8-9,11-13H,4-7,10H2,1-3H3,(H,23,25)/p+1. The van der Waals surface area contributed by atoms with Crippen molar-refractivity contribution in [3.05, 3.63) is 22.4 Å². The number of rotatable bonds is 3. The Morgan fingerprint density at radius 1 is 1.24 bits per heavy atom. The molecular weight excluding hydrogens is 357 g/mol. The van der Waals surface area contributed by atoms with Crippen LogP contribution in [0.4, 0.5) is 5.69 Å². The van der Waals surface area contributed by atoms with Crippen molar-refractivity contribution in [3.8, 4) is 0 Å². The summed E-state index contributed by atoms with van der Waals surface area (Å²) in [5.74, 6) is 1.90. The van der Waals surface area contributed by atoms with Crippen molar-refractivity contribution in [1.29, 1.82) is 0 Å². The first kappa shape index (κ1) is 17.4. The molecule has 25 heavy (non-hydrogen) atoms. The number of nitrogens with one attached hydrogen (secondary N) is 2. The number of carbonyl (C=O) groups is 1. The van der Waals surface area contributed by atoms with Gasteiger partial charge in [0.05, 0.1) is 5.41 Å². The predicted octanol–water partition coefficient (Wildman–Crippen LogP) is 4.11. The van der Waals surface area contributed by atoms with Gasteiger partial charge in [-0.25, -0.2) is 4.57 Å². The molecule has 4 aliphatic rings. The second kappa shape index (κ2) is 5.75. The number of carbonyl (C=O) groups excluding carboxylic acids is 1. The zero-order valence-corrected chi connectivity index (χ0v) is 16.5. The minimum atomic E-state index is -0.260. The Hall–Kier alpha value is -1.00. The third-order valence-electron chi connectivity index (χ3n) is 7.01. The van der Waals surface area contributed by atoms with Gasteiger partial charge in [-0.2, -0.15) is 0 Å². The highest BCUT2D eigenvalue weighted by molar-refractivity contribution is 6.38. The van der Waals surface area contributed by atoms with E-state index in [-0.39, 0.29) is 11.3 Å². The maximum absolute atomic E-state index is 13.2. The average Bonchev–Trinajstić information content (AvgIpc) is 2.49. The number of anilines is 1. The molecule has 1 aromatic heterocycles. The van der Waals surface area contributed by atoms with E-state index < -0.39 is 0 Å². The monoisotopic (exact) mass is 382 g/mol. The summed E-state index contributed by atoms with van der Waals surface area (Å²) in [6.45, 7) is 4.64. The lowest BCUT2D eigenvalue weighted by Crippen LogP contribution is -2.61. The molecule has 4 nitrogen and oxygen atoms in total. The lowest BCUT2D eigenvalue weighted by Gasteiger charge is -2.63. The zero-order valence-electron chi connectivity index (χ0n) is 15.0. The number of halogens is 2. The summed E-state index contributed by atoms with van der Waals surface area (Å²) in [6.07, 6.45) is 9.38. The highest BCUT2D eigenvalue weighted by Gasteiger charge is 2.62. The van der Waals surface area contributed by atoms with Gasteiger partial charge in [-0.15, -0.1) is 0 Å². The number of hydrogen-bond acceptors (Lipinski definition) is 2. The van der Waals surface area contributed by atoms with Crippen molar-refractivity contribution < 1.29 is 9.36 Å². The molecule has 136 valence electrons. The van der Waals surface area contributed by atoms with Gasteiger partial charge in [0, 0.05) is 0 Å². The molecule has 4 fully saturated rings. The van der Waals surface area contributed by atoms with E-state index in [1.165, 1.54) is 19.3 Å². The third kappa shape index (κ3) is 2.73. The number of aromatic nitrogens is 1. The van der Waals surface area contributed by atoms with Crippen LogP contribution in [0.15, 0.2) is 12.4 Å². The fraction of sp³-hybridized carbons (Fsp3) is 0.684. The van der Waals surface area contributed by atoms with Crippen LogP contribution < -0.4 is 15.4 Å². The molecule has 0 aromatic carbocycles. The number of amides is 1. The molecule has 1 heterocycles. The number of aryl methyl sites for hydroxylation is 1. The van der Waals surface area contributed by atoms with E-state index in [9.17, 15) is 4.79 Å². The third-order valence-corrected chi connectivity index (χ3v) is 7.58. The molecule has 0 spiro atoms. The Morgan fingerprint density at radius 3 is 2.56 bits per heavy atom. The predicted molar refractivity (Wildman–Crippen MR) is 99.2 cm³/mol. The van der Waals surface area contributed by atoms with Crippen molar-refractivity contribution >= 4 is 34.8 Å². The van der Waals surface area contributed by atoms with Crippen LogP contribution in [0.1, 0.15) is 46.0 Å². The van der Waals surface area contributed by atoms with Crippen molar-refractivity contribution in [2.75, 3.05) is 5.43 Å². The molecule has 5 atom stereocenters. The second-order valence-corrected chi connectivity index (χ2v) is 9.79. The molecule has 6 heteroatoms. The van der Waals surface area contributed by atoms with Crippen LogP contribution in [0.2, 0.25) is 10.0 Å². The number of hydrazine groups is 1. The summed E-state index contributed by atoms with van der Waals surface area (Å²) < 4.78 is 1.79. The van der Waals surface area contributed by atoms with E-state index in [0.717, 1.165) is 12.8 Å². The largest absolute Gasteiger partial charge is 0.295 e. The SMILES string of the molecule is CC1C2CC3CC(C)(C2)CC1(C(=O)NNc1c(Cl)c[n+](C)cc1Cl)C3. The van der Waals surface area contributed by atoms with E-state index >= 15 is 0 Å². The molecule has 4 saturated carbocycles. The number of pyridine rings is 1. The lowest BCUT2D eigenvalue weighted by atomic mass is 9.41. The van der Waals surface area contributed by atoms with Crippen LogP contribution in [0.5, 0.6) is 0 Å². The van der Waals surface area contributed by atoms with Gasteiger partial charge in [-0.1, -0.05) is 37.0 Å². The number of nitrogens with zero attached hydrogens (tertiary/aromatic N) is 1. The second-order valence-electron chi connectivity index (χ2n) is 8.98. The van der Waals surface area contributed by atoms with Crippen molar-refractivity contribution in [1.82, 2.24) is 5.43 Å². The first-order chi connectivity index (χ1) is 11.7. The molecule has 5 unspecified atom stereocenters. The highest BCUT2D eigenvalue weighted by Crippen LogP contribution is 2.67. The van der Waals surface area contributed by atoms with E-state index in [2.05, 4.69) is 24.7 Å². The Morgan fingerprint density at radius 2 is 1.92 bits per heavy atom. The van der Waals surface area contributed by atoms with Crippen LogP contribution in [0.25, 0.3) is 0 Å². The fourth-order valence-corrected chi connectivity index (χ4v) is 6.87. The minimum absolute atomic E-state index is 0.0979. The normalized spacial score (nSPS) is 38.7. The van der Waals surface area contributed by atoms with Crippen LogP contribution in [-0.2, 0) is 11.8 Å². The molecule has 0 aliphatic heterocycles. The van der Waals surface area contributed by atoms with Gasteiger partial charge in [0.25, 0.3) is 0 Å². The molecule has 1 amide bonds. The molecular formula is C19H26Cl2N3O+. The summed E-state index contributed by atoms with van der Waals surface area (Å²) in [5.41, 5.74) is 6.55. The van der Waals surface area contributed by atoms with Gasteiger partial charge in [-0.3, -0.25) is 15.6 Å². The summed E-state index contributed by atoms with van der Waals surface area (Å²) in [7, 11) is 1.86. The Kier molecular flexibility index (Phi) is 4.01. The summed E-state index contributed by atoms with van der Waals surface area (Å²) in [6, 6.07) is 0. The molecule has 5 rings (SSSR count). The Balaban J connectivity index is 1.55. The highest BCUT2D eigenvalue weighted by atomic mass is 35.5. The zero-order chi connectivity index (χ0) is 18.0. The van der Waals surface area contributed by atoms with Gasteiger partial charge < -0.3 is 0 Å². The van der Waals surface area contributed by atoms with Crippen molar-refractivity contribution in [3.63, 3.8) is 0 Å². The first-order valence-electron chi connectivity index (χ1n) is 9.13. The van der Waals surface area contributed by atoms with Gasteiger partial charge >= 0.3 is 0 Å². The summed E-state index contributed by atoms with van der Waals surface area (Å²) in [5, 5.41) is 0.974. The Labute approximate surface area is 159 Å². The Bertz CT molecular complexity index is 716. The van der Waals surface area contributed by atoms with Crippen LogP contribution in [-0.4, -0.2) is 5.91 Å². The molecule has 0 radical (unpaired) electrons. The van der Waals surface area contributed by atoms with Gasteiger partial charge in [-0.05, 0) is 55.3 Å². The summed E-state index contributed by atoms with van der Waals surface area (Å²) >= 11 is 12.5. The van der Waals surface area contributed by atoms with Crippen molar-refractivity contribution in [2.45, 2.75) is 46.0 Å². The summed E-state index contributed by atoms with van der Waals surface area (Å²) in [4.78, 5) is 13.2. The van der Waals surface area contributed by atoms with Gasteiger partial charge in [0.1, 0.15) is 22.8 Å². The van der Waals surface area contributed by atoms with Gasteiger partial charge in [0.2, 0.25) is 5.91 Å². The van der Waals surface area contributed by atoms with Crippen molar-refractivity contribution in [2.24, 2.45) is 35.6 Å². The van der Waals surface area contributed by atoms with E-state index in [1.807, 2.05) is 7.05 Å². The first-order valence-corrected chi connectivity index (χ1v) is 9.89. The fourth-order valence-electron chi connectivity index (χ4n) is 6.22. The lowest BCUT2D eigenvalue weighted by molar-refractivity contribution is -0.671.